The van der Waals surface area contributed by atoms with Crippen molar-refractivity contribution in [1.82, 2.24) is 14.8 Å². The zero-order chi connectivity index (χ0) is 18.5. The Balaban J connectivity index is 1.65. The molecule has 0 radical (unpaired) electrons. The minimum Gasteiger partial charge on any atom is -0.497 e. The minimum absolute atomic E-state index is 0.139. The molecule has 2 aromatic carbocycles. The van der Waals surface area contributed by atoms with E-state index in [2.05, 4.69) is 15.5 Å². The summed E-state index contributed by atoms with van der Waals surface area (Å²) < 4.78 is 20.2. The third-order valence-electron chi connectivity index (χ3n) is 3.60. The molecule has 8 heteroatoms. The van der Waals surface area contributed by atoms with Crippen molar-refractivity contribution in [2.75, 3.05) is 18.2 Å². The number of aromatic nitrogens is 3. The Morgan fingerprint density at radius 2 is 2.04 bits per heavy atom. The first-order valence-electron chi connectivity index (χ1n) is 7.79. The zero-order valence-electron chi connectivity index (χ0n) is 14.3. The van der Waals surface area contributed by atoms with Gasteiger partial charge < -0.3 is 14.6 Å². The maximum Gasteiger partial charge on any atom is 0.234 e. The number of rotatable bonds is 6. The molecule has 0 atom stereocenters. The lowest BCUT2D eigenvalue weighted by Gasteiger charge is -2.06. The van der Waals surface area contributed by atoms with E-state index < -0.39 is 5.82 Å². The van der Waals surface area contributed by atoms with Gasteiger partial charge in [0.1, 0.15) is 11.6 Å². The molecule has 134 valence electrons. The van der Waals surface area contributed by atoms with Crippen LogP contribution in [0.5, 0.6) is 5.75 Å². The number of carbonyl (C=O) groups excluding carboxylic acids is 1. The van der Waals surface area contributed by atoms with Crippen LogP contribution in [0.3, 0.4) is 0 Å². The molecule has 0 unspecified atom stereocenters. The summed E-state index contributed by atoms with van der Waals surface area (Å²) in [6.45, 7) is 0. The molecule has 0 aliphatic heterocycles. The van der Waals surface area contributed by atoms with Crippen molar-refractivity contribution in [3.05, 3.63) is 54.3 Å². The van der Waals surface area contributed by atoms with E-state index in [4.69, 9.17) is 4.74 Å². The molecule has 26 heavy (non-hydrogen) atoms. The number of amides is 1. The van der Waals surface area contributed by atoms with Gasteiger partial charge in [-0.05, 0) is 30.3 Å². The number of hydrogen-bond acceptors (Lipinski definition) is 5. The number of ether oxygens (including phenoxy) is 1. The van der Waals surface area contributed by atoms with Gasteiger partial charge in [-0.2, -0.15) is 0 Å². The number of thioether (sulfide) groups is 1. The number of halogens is 1. The molecule has 6 nitrogen and oxygen atoms in total. The molecule has 0 saturated heterocycles. The maximum atomic E-state index is 13.2. The maximum absolute atomic E-state index is 13.2. The second-order valence-electron chi connectivity index (χ2n) is 5.44. The Labute approximate surface area is 154 Å². The van der Waals surface area contributed by atoms with E-state index in [0.29, 0.717) is 16.7 Å². The summed E-state index contributed by atoms with van der Waals surface area (Å²) in [5.74, 6) is 0.907. The molecular formula is C18H17FN4O2S. The van der Waals surface area contributed by atoms with Gasteiger partial charge in [-0.1, -0.05) is 30.0 Å². The van der Waals surface area contributed by atoms with Crippen molar-refractivity contribution < 1.29 is 13.9 Å². The highest BCUT2D eigenvalue weighted by Crippen LogP contribution is 2.25. The van der Waals surface area contributed by atoms with E-state index in [9.17, 15) is 9.18 Å². The van der Waals surface area contributed by atoms with Gasteiger partial charge in [0.2, 0.25) is 5.91 Å². The topological polar surface area (TPSA) is 69.0 Å². The summed E-state index contributed by atoms with van der Waals surface area (Å²) in [4.78, 5) is 12.0. The summed E-state index contributed by atoms with van der Waals surface area (Å²) in [6, 6.07) is 13.3. The lowest BCUT2D eigenvalue weighted by Crippen LogP contribution is -2.14. The first-order chi connectivity index (χ1) is 12.6. The van der Waals surface area contributed by atoms with Crippen molar-refractivity contribution in [3.8, 4) is 17.1 Å². The highest BCUT2D eigenvalue weighted by molar-refractivity contribution is 7.99. The Bertz CT molecular complexity index is 929. The Morgan fingerprint density at radius 3 is 2.81 bits per heavy atom. The summed E-state index contributed by atoms with van der Waals surface area (Å²) >= 11 is 1.26. The van der Waals surface area contributed by atoms with Gasteiger partial charge in [0.05, 0.1) is 12.9 Å². The highest BCUT2D eigenvalue weighted by atomic mass is 32.2. The molecular weight excluding hydrogens is 355 g/mol. The molecule has 1 aromatic heterocycles. The number of benzene rings is 2. The SMILES string of the molecule is COc1cccc(-c2nnc(SCC(=O)Nc3cccc(F)c3)n2C)c1. The summed E-state index contributed by atoms with van der Waals surface area (Å²) in [6.07, 6.45) is 0. The molecule has 0 fully saturated rings. The van der Waals surface area contributed by atoms with Gasteiger partial charge in [0, 0.05) is 18.3 Å². The van der Waals surface area contributed by atoms with Gasteiger partial charge in [0.25, 0.3) is 0 Å². The smallest absolute Gasteiger partial charge is 0.234 e. The van der Waals surface area contributed by atoms with Gasteiger partial charge in [-0.25, -0.2) is 4.39 Å². The molecule has 0 aliphatic carbocycles. The molecule has 1 amide bonds. The van der Waals surface area contributed by atoms with Crippen molar-refractivity contribution in [2.45, 2.75) is 5.16 Å². The Kier molecular flexibility index (Phi) is 5.52. The number of nitrogens with zero attached hydrogens (tertiary/aromatic N) is 3. The quantitative estimate of drug-likeness (QED) is 0.672. The van der Waals surface area contributed by atoms with Crippen molar-refractivity contribution >= 4 is 23.4 Å². The predicted octanol–water partition coefficient (Wildman–Crippen LogP) is 3.36. The number of nitrogens with one attached hydrogen (secondary N) is 1. The van der Waals surface area contributed by atoms with E-state index >= 15 is 0 Å². The molecule has 3 rings (SSSR count). The molecule has 0 spiro atoms. The zero-order valence-corrected chi connectivity index (χ0v) is 15.1. The monoisotopic (exact) mass is 372 g/mol. The summed E-state index contributed by atoms with van der Waals surface area (Å²) in [7, 11) is 3.44. The van der Waals surface area contributed by atoms with Crippen LogP contribution in [0.2, 0.25) is 0 Å². The summed E-state index contributed by atoms with van der Waals surface area (Å²) in [5.41, 5.74) is 1.29. The van der Waals surface area contributed by atoms with Crippen LogP contribution in [0.15, 0.2) is 53.7 Å². The fraction of sp³-hybridized carbons (Fsp3) is 0.167. The fourth-order valence-corrected chi connectivity index (χ4v) is 3.06. The first-order valence-corrected chi connectivity index (χ1v) is 8.77. The lowest BCUT2D eigenvalue weighted by atomic mass is 10.2. The number of anilines is 1. The van der Waals surface area contributed by atoms with Crippen LogP contribution >= 0.6 is 11.8 Å². The van der Waals surface area contributed by atoms with E-state index in [1.807, 2.05) is 35.9 Å². The number of methoxy groups -OCH3 is 1. The third-order valence-corrected chi connectivity index (χ3v) is 4.62. The van der Waals surface area contributed by atoms with E-state index in [1.54, 1.807) is 19.2 Å². The second kappa shape index (κ2) is 8.01. The molecule has 3 aromatic rings. The Hall–Kier alpha value is -2.87. The fourth-order valence-electron chi connectivity index (χ4n) is 2.35. The Morgan fingerprint density at radius 1 is 1.23 bits per heavy atom. The van der Waals surface area contributed by atoms with Gasteiger partial charge in [-0.15, -0.1) is 10.2 Å². The standard InChI is InChI=1S/C18H17FN4O2S/c1-23-17(12-5-3-8-15(9-12)25-2)21-22-18(23)26-11-16(24)20-14-7-4-6-13(19)10-14/h3-10H,11H2,1-2H3,(H,20,24). The van der Waals surface area contributed by atoms with Crippen molar-refractivity contribution in [1.29, 1.82) is 0 Å². The average Bonchev–Trinajstić information content (AvgIpc) is 3.00. The van der Waals surface area contributed by atoms with Gasteiger partial charge in [-0.3, -0.25) is 4.79 Å². The van der Waals surface area contributed by atoms with E-state index in [0.717, 1.165) is 11.3 Å². The van der Waals surface area contributed by atoms with Crippen LogP contribution < -0.4 is 10.1 Å². The first kappa shape index (κ1) is 17.9. The van der Waals surface area contributed by atoms with Crippen molar-refractivity contribution in [2.24, 2.45) is 7.05 Å². The normalized spacial score (nSPS) is 10.6. The molecule has 1 N–H and O–H groups in total. The van der Waals surface area contributed by atoms with E-state index in [-0.39, 0.29) is 11.7 Å². The largest absolute Gasteiger partial charge is 0.497 e. The minimum atomic E-state index is -0.397. The second-order valence-corrected chi connectivity index (χ2v) is 6.39. The van der Waals surface area contributed by atoms with Gasteiger partial charge in [0.15, 0.2) is 11.0 Å². The number of hydrogen-bond donors (Lipinski definition) is 1. The van der Waals surface area contributed by atoms with Crippen LogP contribution in [0, 0.1) is 5.82 Å². The highest BCUT2D eigenvalue weighted by Gasteiger charge is 2.13. The van der Waals surface area contributed by atoms with Crippen molar-refractivity contribution in [3.63, 3.8) is 0 Å². The molecule has 0 saturated carbocycles. The van der Waals surface area contributed by atoms with Crippen LogP contribution in [0.4, 0.5) is 10.1 Å². The molecule has 1 heterocycles. The lowest BCUT2D eigenvalue weighted by molar-refractivity contribution is -0.113. The predicted molar refractivity (Wildman–Crippen MR) is 98.7 cm³/mol. The average molecular weight is 372 g/mol. The third kappa shape index (κ3) is 4.20. The number of carbonyl (C=O) groups is 1. The van der Waals surface area contributed by atoms with E-state index in [1.165, 1.54) is 23.9 Å². The molecule has 0 aliphatic rings. The van der Waals surface area contributed by atoms with Crippen LogP contribution in [0.1, 0.15) is 0 Å². The van der Waals surface area contributed by atoms with Crippen LogP contribution in [-0.4, -0.2) is 33.5 Å². The van der Waals surface area contributed by atoms with Gasteiger partial charge >= 0.3 is 0 Å². The van der Waals surface area contributed by atoms with Crippen LogP contribution in [-0.2, 0) is 11.8 Å². The summed E-state index contributed by atoms with van der Waals surface area (Å²) in [5, 5.41) is 11.6. The van der Waals surface area contributed by atoms with Crippen LogP contribution in [0.25, 0.3) is 11.4 Å². The molecule has 0 bridgehead atoms.